The highest BCUT2D eigenvalue weighted by Crippen LogP contribution is 2.27. The summed E-state index contributed by atoms with van der Waals surface area (Å²) in [6, 6.07) is 14.0. The minimum absolute atomic E-state index is 0.0216. The van der Waals surface area contributed by atoms with Crippen molar-refractivity contribution in [1.82, 2.24) is 14.9 Å². The Kier molecular flexibility index (Phi) is 6.67. The molecule has 0 saturated carbocycles. The number of aromatic nitrogens is 2. The molecule has 1 fully saturated rings. The summed E-state index contributed by atoms with van der Waals surface area (Å²) in [4.78, 5) is 25.5. The summed E-state index contributed by atoms with van der Waals surface area (Å²) in [5, 5.41) is 0.798. The predicted octanol–water partition coefficient (Wildman–Crippen LogP) is 4.94. The van der Waals surface area contributed by atoms with Crippen LogP contribution in [0.15, 0.2) is 54.9 Å². The third-order valence-electron chi connectivity index (χ3n) is 5.29. The number of halogens is 2. The summed E-state index contributed by atoms with van der Waals surface area (Å²) in [6.07, 6.45) is 1.48. The molecule has 0 unspecified atom stereocenters. The molecule has 2 aromatic carbocycles. The van der Waals surface area contributed by atoms with Crippen LogP contribution in [0.1, 0.15) is 17.3 Å². The number of benzene rings is 2. The molecule has 1 aliphatic heterocycles. The number of anilines is 1. The zero-order valence-corrected chi connectivity index (χ0v) is 19.2. The van der Waals surface area contributed by atoms with Crippen molar-refractivity contribution in [3.8, 4) is 17.4 Å². The number of carbonyl (C=O) groups excluding carboxylic acids is 1. The first-order chi connectivity index (χ1) is 15.4. The van der Waals surface area contributed by atoms with Crippen molar-refractivity contribution < 1.29 is 14.3 Å². The zero-order chi connectivity index (χ0) is 22.7. The first-order valence-electron chi connectivity index (χ1n) is 10.1. The second-order valence-corrected chi connectivity index (χ2v) is 8.23. The van der Waals surface area contributed by atoms with E-state index in [4.69, 9.17) is 32.7 Å². The lowest BCUT2D eigenvalue weighted by Gasteiger charge is -2.40. The standard InChI is InChI=1S/C23H22Cl2N4O3/c1-15-13-28(9-10-29(15)23(30)16-3-8-19(24)20(25)11-16)21-12-22(27-14-26-21)32-18-6-4-17(31-2)5-7-18/h3-8,11-12,14-15H,9-10,13H2,1-2H3/t15-/m1/s1. The van der Waals surface area contributed by atoms with Gasteiger partial charge in [-0.1, -0.05) is 23.2 Å². The van der Waals surface area contributed by atoms with Crippen molar-refractivity contribution >= 4 is 34.9 Å². The van der Waals surface area contributed by atoms with Crippen LogP contribution >= 0.6 is 23.2 Å². The summed E-state index contributed by atoms with van der Waals surface area (Å²) in [6.45, 7) is 3.83. The van der Waals surface area contributed by atoms with Gasteiger partial charge < -0.3 is 19.3 Å². The Morgan fingerprint density at radius 2 is 1.75 bits per heavy atom. The maximum atomic E-state index is 13.0. The van der Waals surface area contributed by atoms with E-state index in [9.17, 15) is 4.79 Å². The van der Waals surface area contributed by atoms with Crippen molar-refractivity contribution in [1.29, 1.82) is 0 Å². The van der Waals surface area contributed by atoms with Crippen LogP contribution in [0, 0.1) is 0 Å². The Hall–Kier alpha value is -3.03. The highest BCUT2D eigenvalue weighted by atomic mass is 35.5. The van der Waals surface area contributed by atoms with Crippen LogP contribution in [-0.2, 0) is 0 Å². The Morgan fingerprint density at radius 1 is 1.00 bits per heavy atom. The predicted molar refractivity (Wildman–Crippen MR) is 124 cm³/mol. The van der Waals surface area contributed by atoms with Gasteiger partial charge in [0.2, 0.25) is 5.88 Å². The van der Waals surface area contributed by atoms with Crippen LogP contribution in [0.4, 0.5) is 5.82 Å². The van der Waals surface area contributed by atoms with E-state index < -0.39 is 0 Å². The van der Waals surface area contributed by atoms with Gasteiger partial charge in [0.1, 0.15) is 23.6 Å². The molecule has 2 heterocycles. The monoisotopic (exact) mass is 472 g/mol. The van der Waals surface area contributed by atoms with E-state index in [2.05, 4.69) is 14.9 Å². The summed E-state index contributed by atoms with van der Waals surface area (Å²) >= 11 is 12.1. The molecule has 0 bridgehead atoms. The molecule has 0 spiro atoms. The topological polar surface area (TPSA) is 67.8 Å². The number of hydrogen-bond acceptors (Lipinski definition) is 6. The molecule has 0 radical (unpaired) electrons. The third-order valence-corrected chi connectivity index (χ3v) is 6.03. The average Bonchev–Trinajstić information content (AvgIpc) is 2.81. The minimum Gasteiger partial charge on any atom is -0.497 e. The lowest BCUT2D eigenvalue weighted by atomic mass is 10.1. The Bertz CT molecular complexity index is 1110. The van der Waals surface area contributed by atoms with Gasteiger partial charge in [0.15, 0.2) is 0 Å². The SMILES string of the molecule is COc1ccc(Oc2cc(N3CCN(C(=O)c4ccc(Cl)c(Cl)c4)[C@H](C)C3)ncn2)cc1. The Balaban J connectivity index is 1.43. The number of piperazine rings is 1. The van der Waals surface area contributed by atoms with Gasteiger partial charge in [-0.15, -0.1) is 0 Å². The normalized spacial score (nSPS) is 16.1. The number of carbonyl (C=O) groups is 1. The van der Waals surface area contributed by atoms with E-state index >= 15 is 0 Å². The van der Waals surface area contributed by atoms with Crippen LogP contribution in [-0.4, -0.2) is 53.6 Å². The van der Waals surface area contributed by atoms with Crippen molar-refractivity contribution in [3.05, 3.63) is 70.5 Å². The van der Waals surface area contributed by atoms with E-state index in [1.54, 1.807) is 31.4 Å². The molecule has 1 atom stereocenters. The first kappa shape index (κ1) is 22.2. The number of rotatable bonds is 5. The van der Waals surface area contributed by atoms with Crippen molar-refractivity contribution in [3.63, 3.8) is 0 Å². The van der Waals surface area contributed by atoms with E-state index in [1.165, 1.54) is 6.33 Å². The lowest BCUT2D eigenvalue weighted by Crippen LogP contribution is -2.54. The number of ether oxygens (including phenoxy) is 2. The first-order valence-corrected chi connectivity index (χ1v) is 10.8. The van der Waals surface area contributed by atoms with Crippen LogP contribution < -0.4 is 14.4 Å². The number of methoxy groups -OCH3 is 1. The van der Waals surface area contributed by atoms with Crippen molar-refractivity contribution in [2.45, 2.75) is 13.0 Å². The van der Waals surface area contributed by atoms with Gasteiger partial charge in [0.05, 0.1) is 17.2 Å². The number of nitrogens with zero attached hydrogens (tertiary/aromatic N) is 4. The maximum Gasteiger partial charge on any atom is 0.254 e. The van der Waals surface area contributed by atoms with Gasteiger partial charge in [-0.05, 0) is 49.4 Å². The van der Waals surface area contributed by atoms with Gasteiger partial charge in [-0.2, -0.15) is 0 Å². The molecule has 1 amide bonds. The molecular weight excluding hydrogens is 451 g/mol. The summed E-state index contributed by atoms with van der Waals surface area (Å²) in [5.74, 6) is 2.53. The van der Waals surface area contributed by atoms with E-state index in [1.807, 2.05) is 36.1 Å². The van der Waals surface area contributed by atoms with Gasteiger partial charge in [0, 0.05) is 37.3 Å². The molecule has 1 aromatic heterocycles. The number of hydrogen-bond donors (Lipinski definition) is 0. The van der Waals surface area contributed by atoms with E-state index in [0.717, 1.165) is 11.6 Å². The maximum absolute atomic E-state index is 13.0. The Morgan fingerprint density at radius 3 is 2.44 bits per heavy atom. The fraction of sp³-hybridized carbons (Fsp3) is 0.261. The molecule has 4 rings (SSSR count). The van der Waals surface area contributed by atoms with Crippen LogP contribution in [0.25, 0.3) is 0 Å². The van der Waals surface area contributed by atoms with Crippen molar-refractivity contribution in [2.75, 3.05) is 31.6 Å². The van der Waals surface area contributed by atoms with E-state index in [-0.39, 0.29) is 11.9 Å². The van der Waals surface area contributed by atoms with Crippen LogP contribution in [0.5, 0.6) is 17.4 Å². The molecular formula is C23H22Cl2N4O3. The fourth-order valence-electron chi connectivity index (χ4n) is 3.59. The zero-order valence-electron chi connectivity index (χ0n) is 17.7. The fourth-order valence-corrected chi connectivity index (χ4v) is 3.88. The molecule has 0 aliphatic carbocycles. The van der Waals surface area contributed by atoms with Gasteiger partial charge in [0.25, 0.3) is 5.91 Å². The summed E-state index contributed by atoms with van der Waals surface area (Å²) in [5.41, 5.74) is 0.525. The molecule has 0 N–H and O–H groups in total. The molecule has 32 heavy (non-hydrogen) atoms. The molecule has 7 nitrogen and oxygen atoms in total. The third kappa shape index (κ3) is 4.89. The molecule has 166 valence electrons. The average molecular weight is 473 g/mol. The smallest absolute Gasteiger partial charge is 0.254 e. The summed E-state index contributed by atoms with van der Waals surface area (Å²) < 4.78 is 11.0. The molecule has 1 aliphatic rings. The second-order valence-electron chi connectivity index (χ2n) is 7.41. The lowest BCUT2D eigenvalue weighted by molar-refractivity contribution is 0.0673. The number of amides is 1. The highest BCUT2D eigenvalue weighted by Gasteiger charge is 2.29. The molecule has 9 heteroatoms. The van der Waals surface area contributed by atoms with Gasteiger partial charge >= 0.3 is 0 Å². The van der Waals surface area contributed by atoms with Gasteiger partial charge in [-0.3, -0.25) is 4.79 Å². The van der Waals surface area contributed by atoms with Crippen LogP contribution in [0.2, 0.25) is 10.0 Å². The minimum atomic E-state index is -0.0677. The van der Waals surface area contributed by atoms with E-state index in [0.29, 0.717) is 46.9 Å². The second kappa shape index (κ2) is 9.63. The highest BCUT2D eigenvalue weighted by molar-refractivity contribution is 6.42. The molecule has 1 saturated heterocycles. The quantitative estimate of drug-likeness (QED) is 0.523. The largest absolute Gasteiger partial charge is 0.497 e. The Labute approximate surface area is 196 Å². The van der Waals surface area contributed by atoms with Crippen molar-refractivity contribution in [2.24, 2.45) is 0 Å². The molecule has 3 aromatic rings. The van der Waals surface area contributed by atoms with Crippen LogP contribution in [0.3, 0.4) is 0 Å². The summed E-state index contributed by atoms with van der Waals surface area (Å²) in [7, 11) is 1.62. The van der Waals surface area contributed by atoms with Gasteiger partial charge in [-0.25, -0.2) is 9.97 Å².